The monoisotopic (exact) mass is 545 g/mol. The summed E-state index contributed by atoms with van der Waals surface area (Å²) in [6.07, 6.45) is -4.45. The summed E-state index contributed by atoms with van der Waals surface area (Å²) in [5, 5.41) is 7.48. The molecule has 0 saturated carbocycles. The highest BCUT2D eigenvalue weighted by Gasteiger charge is 2.31. The maximum atomic E-state index is 13.2. The van der Waals surface area contributed by atoms with Crippen molar-refractivity contribution in [3.63, 3.8) is 0 Å². The Kier molecular flexibility index (Phi) is 9.04. The van der Waals surface area contributed by atoms with Crippen LogP contribution in [0.5, 0.6) is 11.5 Å². The van der Waals surface area contributed by atoms with Gasteiger partial charge < -0.3 is 31.2 Å². The number of anilines is 2. The SMILES string of the molecule is CC(=O)NCCc1ccc(C(F)(F)F)cc1NC(=O)Nc1ccc(Oc2ccnc(C(=O)OC(N)=O)c2)cc1. The number of carbonyl (C=O) groups excluding carboxylic acids is 4. The average Bonchev–Trinajstić information content (AvgIpc) is 2.85. The van der Waals surface area contributed by atoms with Crippen molar-refractivity contribution in [1.29, 1.82) is 0 Å². The minimum absolute atomic E-state index is 0.0593. The topological polar surface area (TPSA) is 162 Å². The zero-order valence-electron chi connectivity index (χ0n) is 20.3. The van der Waals surface area contributed by atoms with Gasteiger partial charge in [-0.1, -0.05) is 6.07 Å². The first-order valence-electron chi connectivity index (χ1n) is 11.2. The van der Waals surface area contributed by atoms with E-state index in [1.54, 1.807) is 0 Å². The molecule has 204 valence electrons. The lowest BCUT2D eigenvalue weighted by Gasteiger charge is -2.15. The van der Waals surface area contributed by atoms with Gasteiger partial charge >= 0.3 is 24.3 Å². The third-order valence-corrected chi connectivity index (χ3v) is 4.94. The lowest BCUT2D eigenvalue weighted by molar-refractivity contribution is -0.137. The maximum Gasteiger partial charge on any atom is 0.416 e. The predicted octanol–water partition coefficient (Wildman–Crippen LogP) is 4.45. The van der Waals surface area contributed by atoms with Gasteiger partial charge in [-0.25, -0.2) is 19.4 Å². The first-order chi connectivity index (χ1) is 18.4. The third-order valence-electron chi connectivity index (χ3n) is 4.94. The molecule has 3 aromatic rings. The number of hydrogen-bond donors (Lipinski definition) is 4. The molecule has 0 bridgehead atoms. The molecule has 0 unspecified atom stereocenters. The molecule has 1 heterocycles. The highest BCUT2D eigenvalue weighted by atomic mass is 19.4. The molecule has 0 aliphatic rings. The fourth-order valence-electron chi connectivity index (χ4n) is 3.22. The minimum atomic E-state index is -4.61. The van der Waals surface area contributed by atoms with Gasteiger partial charge in [-0.2, -0.15) is 13.2 Å². The molecule has 0 fully saturated rings. The number of nitrogens with one attached hydrogen (secondary N) is 3. The van der Waals surface area contributed by atoms with Crippen molar-refractivity contribution in [1.82, 2.24) is 10.3 Å². The van der Waals surface area contributed by atoms with Crippen LogP contribution in [0.15, 0.2) is 60.8 Å². The lowest BCUT2D eigenvalue weighted by Crippen LogP contribution is -2.24. The summed E-state index contributed by atoms with van der Waals surface area (Å²) >= 11 is 0. The van der Waals surface area contributed by atoms with Gasteiger partial charge in [0.05, 0.1) is 5.56 Å². The van der Waals surface area contributed by atoms with E-state index in [-0.39, 0.29) is 36.0 Å². The van der Waals surface area contributed by atoms with E-state index in [0.29, 0.717) is 17.0 Å². The molecular formula is C25H22F3N5O6. The van der Waals surface area contributed by atoms with Crippen LogP contribution in [0.25, 0.3) is 0 Å². The van der Waals surface area contributed by atoms with Gasteiger partial charge in [0.15, 0.2) is 5.69 Å². The number of hydrogen-bond acceptors (Lipinski definition) is 7. The van der Waals surface area contributed by atoms with Crippen LogP contribution < -0.4 is 26.4 Å². The van der Waals surface area contributed by atoms with Crippen LogP contribution in [0.2, 0.25) is 0 Å². The number of halogens is 3. The van der Waals surface area contributed by atoms with Gasteiger partial charge in [-0.05, 0) is 54.4 Å². The van der Waals surface area contributed by atoms with Crippen molar-refractivity contribution < 1.29 is 41.8 Å². The number of esters is 1. The summed E-state index contributed by atoms with van der Waals surface area (Å²) in [4.78, 5) is 49.9. The number of alkyl halides is 3. The number of urea groups is 1. The van der Waals surface area contributed by atoms with Crippen molar-refractivity contribution in [2.24, 2.45) is 5.73 Å². The number of primary amides is 1. The molecule has 0 radical (unpaired) electrons. The predicted molar refractivity (Wildman–Crippen MR) is 132 cm³/mol. The minimum Gasteiger partial charge on any atom is -0.457 e. The van der Waals surface area contributed by atoms with Crippen LogP contribution in [0.4, 0.5) is 34.1 Å². The van der Waals surface area contributed by atoms with Crippen LogP contribution in [0, 0.1) is 0 Å². The Bertz CT molecular complexity index is 1380. The van der Waals surface area contributed by atoms with Gasteiger partial charge in [0.1, 0.15) is 11.5 Å². The molecule has 0 aliphatic carbocycles. The molecule has 0 saturated heterocycles. The molecule has 4 amide bonds. The van der Waals surface area contributed by atoms with Crippen LogP contribution in [0.1, 0.15) is 28.5 Å². The molecular weight excluding hydrogens is 523 g/mol. The van der Waals surface area contributed by atoms with Gasteiger partial charge in [-0.3, -0.25) is 4.79 Å². The van der Waals surface area contributed by atoms with Crippen LogP contribution in [0.3, 0.4) is 0 Å². The quantitative estimate of drug-likeness (QED) is 0.240. The van der Waals surface area contributed by atoms with Crippen molar-refractivity contribution in [2.75, 3.05) is 17.2 Å². The number of aromatic nitrogens is 1. The molecule has 14 heteroatoms. The molecule has 11 nitrogen and oxygen atoms in total. The normalized spacial score (nSPS) is 10.8. The fraction of sp³-hybridized carbons (Fsp3) is 0.160. The Morgan fingerprint density at radius 2 is 1.67 bits per heavy atom. The number of benzene rings is 2. The molecule has 5 N–H and O–H groups in total. The van der Waals surface area contributed by atoms with E-state index in [4.69, 9.17) is 10.5 Å². The number of pyridine rings is 1. The van der Waals surface area contributed by atoms with E-state index in [9.17, 15) is 32.3 Å². The number of ether oxygens (including phenoxy) is 2. The van der Waals surface area contributed by atoms with Crippen molar-refractivity contribution in [3.05, 3.63) is 77.6 Å². The number of amides is 4. The largest absolute Gasteiger partial charge is 0.457 e. The van der Waals surface area contributed by atoms with Crippen LogP contribution in [-0.4, -0.2) is 35.5 Å². The maximum absolute atomic E-state index is 13.2. The highest BCUT2D eigenvalue weighted by Crippen LogP contribution is 2.32. The summed E-state index contributed by atoms with van der Waals surface area (Å²) in [6, 6.07) is 10.8. The Hall–Kier alpha value is -5.14. The standard InChI is InChI=1S/C25H22F3N5O6/c1-14(34)30-10-8-15-2-3-16(25(26,27)28)12-20(15)33-24(37)32-17-4-6-18(7-5-17)38-19-9-11-31-21(13-19)22(35)39-23(29)36/h2-7,9,11-13H,8,10H2,1H3,(H2,29,36)(H,30,34)(H2,32,33,37). The first kappa shape index (κ1) is 28.4. The Balaban J connectivity index is 1.66. The zero-order chi connectivity index (χ0) is 28.6. The lowest BCUT2D eigenvalue weighted by atomic mass is 10.1. The second kappa shape index (κ2) is 12.4. The number of nitrogens with zero attached hydrogens (tertiary/aromatic N) is 1. The van der Waals surface area contributed by atoms with E-state index >= 15 is 0 Å². The van der Waals surface area contributed by atoms with E-state index in [1.165, 1.54) is 55.6 Å². The summed E-state index contributed by atoms with van der Waals surface area (Å²) in [7, 11) is 0. The van der Waals surface area contributed by atoms with Gasteiger partial charge in [0, 0.05) is 37.1 Å². The second-order valence-electron chi connectivity index (χ2n) is 7.89. The average molecular weight is 545 g/mol. The van der Waals surface area contributed by atoms with Crippen LogP contribution in [-0.2, 0) is 22.1 Å². The molecule has 0 spiro atoms. The van der Waals surface area contributed by atoms with E-state index in [0.717, 1.165) is 12.1 Å². The van der Waals surface area contributed by atoms with E-state index in [1.807, 2.05) is 0 Å². The Morgan fingerprint density at radius 3 is 2.31 bits per heavy atom. The summed E-state index contributed by atoms with van der Waals surface area (Å²) in [5.41, 5.74) is 4.29. The number of rotatable bonds is 8. The van der Waals surface area contributed by atoms with E-state index in [2.05, 4.69) is 25.7 Å². The molecule has 3 rings (SSSR count). The smallest absolute Gasteiger partial charge is 0.416 e. The Morgan fingerprint density at radius 1 is 0.949 bits per heavy atom. The molecule has 2 aromatic carbocycles. The molecule has 0 aliphatic heterocycles. The first-order valence-corrected chi connectivity index (χ1v) is 11.2. The summed E-state index contributed by atoms with van der Waals surface area (Å²) in [6.45, 7) is 1.48. The summed E-state index contributed by atoms with van der Waals surface area (Å²) < 4.78 is 49.5. The van der Waals surface area contributed by atoms with Crippen molar-refractivity contribution in [2.45, 2.75) is 19.5 Å². The third kappa shape index (κ3) is 8.73. The second-order valence-corrected chi connectivity index (χ2v) is 7.89. The van der Waals surface area contributed by atoms with Gasteiger partial charge in [0.2, 0.25) is 5.91 Å². The number of carbonyl (C=O) groups is 4. The van der Waals surface area contributed by atoms with Gasteiger partial charge in [-0.15, -0.1) is 0 Å². The molecule has 0 atom stereocenters. The zero-order valence-corrected chi connectivity index (χ0v) is 20.3. The van der Waals surface area contributed by atoms with Crippen LogP contribution >= 0.6 is 0 Å². The van der Waals surface area contributed by atoms with Gasteiger partial charge in [0.25, 0.3) is 0 Å². The summed E-state index contributed by atoms with van der Waals surface area (Å²) in [5.74, 6) is -0.857. The van der Waals surface area contributed by atoms with E-state index < -0.39 is 29.8 Å². The highest BCUT2D eigenvalue weighted by molar-refractivity contribution is 6.00. The Labute approximate surface area is 219 Å². The fourth-order valence-corrected chi connectivity index (χ4v) is 3.22. The van der Waals surface area contributed by atoms with Crippen molar-refractivity contribution >= 4 is 35.4 Å². The molecule has 1 aromatic heterocycles. The van der Waals surface area contributed by atoms with Crippen molar-refractivity contribution in [3.8, 4) is 11.5 Å². The molecule has 39 heavy (non-hydrogen) atoms. The number of nitrogens with two attached hydrogens (primary N) is 1.